The quantitative estimate of drug-likeness (QED) is 0.309. The van der Waals surface area contributed by atoms with E-state index >= 15 is 0 Å². The lowest BCUT2D eigenvalue weighted by Gasteiger charge is -2.27. The Hall–Kier alpha value is -1.06. The number of nitrogens with zero attached hydrogens (tertiary/aromatic N) is 3. The third-order valence-corrected chi connectivity index (χ3v) is 5.06. The van der Waals surface area contributed by atoms with Crippen molar-refractivity contribution in [3.8, 4) is 5.75 Å². The minimum Gasteiger partial charge on any atom is -0.497 e. The molecule has 1 aliphatic rings. The zero-order chi connectivity index (χ0) is 19.5. The van der Waals surface area contributed by atoms with Crippen LogP contribution in [0.3, 0.4) is 0 Å². The number of hydrogen-bond acceptors (Lipinski definition) is 4. The lowest BCUT2D eigenvalue weighted by molar-refractivity contribution is 0.232. The molecule has 0 saturated carbocycles. The fourth-order valence-electron chi connectivity index (χ4n) is 3.43. The standard InChI is InChI=1S/C21H37N5O.HI/c1-5-22-21(23-13-16-26-14-7-6-8-15-26)24-17-20(25(2)3)18-9-11-19(27-4)12-10-18;/h9-12,20H,5-8,13-17H2,1-4H3,(H2,22,23,24);1H. The minimum absolute atomic E-state index is 0. The molecule has 1 aromatic carbocycles. The molecule has 1 aliphatic heterocycles. The summed E-state index contributed by atoms with van der Waals surface area (Å²) in [6.07, 6.45) is 4.05. The first kappa shape index (κ1) is 25.0. The molecular formula is C21H38IN5O. The van der Waals surface area contributed by atoms with E-state index in [1.165, 1.54) is 37.9 Å². The molecule has 0 spiro atoms. The van der Waals surface area contributed by atoms with E-state index in [4.69, 9.17) is 9.73 Å². The van der Waals surface area contributed by atoms with Crippen LogP contribution in [-0.2, 0) is 0 Å². The zero-order valence-corrected chi connectivity index (χ0v) is 20.2. The van der Waals surface area contributed by atoms with Crippen LogP contribution >= 0.6 is 24.0 Å². The summed E-state index contributed by atoms with van der Waals surface area (Å²) in [5, 5.41) is 6.86. The molecule has 0 radical (unpaired) electrons. The van der Waals surface area contributed by atoms with Crippen molar-refractivity contribution >= 4 is 29.9 Å². The Morgan fingerprint density at radius 2 is 1.82 bits per heavy atom. The first-order valence-corrected chi connectivity index (χ1v) is 10.2. The number of methoxy groups -OCH3 is 1. The molecule has 0 aromatic heterocycles. The molecule has 0 amide bonds. The van der Waals surface area contributed by atoms with Crippen molar-refractivity contribution in [3.63, 3.8) is 0 Å². The van der Waals surface area contributed by atoms with E-state index in [9.17, 15) is 0 Å². The summed E-state index contributed by atoms with van der Waals surface area (Å²) >= 11 is 0. The number of halogens is 1. The van der Waals surface area contributed by atoms with Crippen LogP contribution in [0.2, 0.25) is 0 Å². The first-order chi connectivity index (χ1) is 13.1. The van der Waals surface area contributed by atoms with Crippen LogP contribution in [-0.4, -0.2) is 76.2 Å². The van der Waals surface area contributed by atoms with Gasteiger partial charge in [-0.3, -0.25) is 4.99 Å². The second kappa shape index (κ2) is 14.0. The Morgan fingerprint density at radius 1 is 1.14 bits per heavy atom. The monoisotopic (exact) mass is 503 g/mol. The van der Waals surface area contributed by atoms with Gasteiger partial charge in [-0.2, -0.15) is 0 Å². The number of nitrogens with one attached hydrogen (secondary N) is 2. The second-order valence-corrected chi connectivity index (χ2v) is 7.30. The molecule has 1 saturated heterocycles. The van der Waals surface area contributed by atoms with Crippen LogP contribution in [0, 0.1) is 0 Å². The highest BCUT2D eigenvalue weighted by Crippen LogP contribution is 2.21. The molecule has 6 nitrogen and oxygen atoms in total. The van der Waals surface area contributed by atoms with Crippen LogP contribution in [0.4, 0.5) is 0 Å². The van der Waals surface area contributed by atoms with Gasteiger partial charge in [-0.05, 0) is 64.6 Å². The average molecular weight is 503 g/mol. The number of aliphatic imine (C=N–C) groups is 1. The van der Waals surface area contributed by atoms with Crippen molar-refractivity contribution in [2.24, 2.45) is 4.99 Å². The number of hydrogen-bond donors (Lipinski definition) is 2. The maximum atomic E-state index is 5.27. The Labute approximate surface area is 188 Å². The van der Waals surface area contributed by atoms with Gasteiger partial charge in [0.05, 0.1) is 19.7 Å². The van der Waals surface area contributed by atoms with Gasteiger partial charge in [-0.25, -0.2) is 0 Å². The molecule has 160 valence electrons. The molecule has 1 unspecified atom stereocenters. The molecule has 0 bridgehead atoms. The Balaban J connectivity index is 0.00000392. The van der Waals surface area contributed by atoms with Crippen LogP contribution in [0.25, 0.3) is 0 Å². The van der Waals surface area contributed by atoms with Gasteiger partial charge in [-0.15, -0.1) is 24.0 Å². The zero-order valence-electron chi connectivity index (χ0n) is 17.9. The van der Waals surface area contributed by atoms with E-state index in [2.05, 4.69) is 53.6 Å². The van der Waals surface area contributed by atoms with E-state index in [0.717, 1.165) is 31.3 Å². The molecule has 1 fully saturated rings. The van der Waals surface area contributed by atoms with Gasteiger partial charge in [0.15, 0.2) is 5.96 Å². The first-order valence-electron chi connectivity index (χ1n) is 10.2. The number of likely N-dealkylation sites (tertiary alicyclic amines) is 1. The summed E-state index contributed by atoms with van der Waals surface area (Å²) in [5.41, 5.74) is 1.24. The largest absolute Gasteiger partial charge is 0.497 e. The smallest absolute Gasteiger partial charge is 0.191 e. The predicted octanol–water partition coefficient (Wildman–Crippen LogP) is 2.96. The predicted molar refractivity (Wildman–Crippen MR) is 129 cm³/mol. The van der Waals surface area contributed by atoms with Gasteiger partial charge < -0.3 is 25.2 Å². The fourth-order valence-corrected chi connectivity index (χ4v) is 3.43. The van der Waals surface area contributed by atoms with Crippen molar-refractivity contribution in [1.29, 1.82) is 0 Å². The topological polar surface area (TPSA) is 52.1 Å². The van der Waals surface area contributed by atoms with E-state index in [-0.39, 0.29) is 30.0 Å². The van der Waals surface area contributed by atoms with Crippen molar-refractivity contribution in [3.05, 3.63) is 29.8 Å². The van der Waals surface area contributed by atoms with Crippen LogP contribution in [0.15, 0.2) is 29.3 Å². The van der Waals surface area contributed by atoms with Gasteiger partial charge in [0.1, 0.15) is 5.75 Å². The highest BCUT2D eigenvalue weighted by atomic mass is 127. The molecule has 0 aliphatic carbocycles. The molecule has 7 heteroatoms. The average Bonchev–Trinajstić information content (AvgIpc) is 2.69. The van der Waals surface area contributed by atoms with Gasteiger partial charge in [-0.1, -0.05) is 18.6 Å². The summed E-state index contributed by atoms with van der Waals surface area (Å²) < 4.78 is 5.27. The SMILES string of the molecule is CCNC(=NCC(c1ccc(OC)cc1)N(C)C)NCCN1CCCCC1.I. The molecule has 28 heavy (non-hydrogen) atoms. The second-order valence-electron chi connectivity index (χ2n) is 7.30. The normalized spacial score (nSPS) is 16.4. The van der Waals surface area contributed by atoms with Crippen LogP contribution in [0.1, 0.15) is 37.8 Å². The highest BCUT2D eigenvalue weighted by Gasteiger charge is 2.14. The molecule has 2 rings (SSSR count). The lowest BCUT2D eigenvalue weighted by atomic mass is 10.1. The Kier molecular flexibility index (Phi) is 12.5. The Bertz CT molecular complexity index is 558. The highest BCUT2D eigenvalue weighted by molar-refractivity contribution is 14.0. The maximum absolute atomic E-state index is 5.27. The summed E-state index contributed by atoms with van der Waals surface area (Å²) in [7, 11) is 5.89. The molecule has 1 aromatic rings. The van der Waals surface area contributed by atoms with E-state index in [0.29, 0.717) is 6.54 Å². The third kappa shape index (κ3) is 8.53. The molecule has 1 atom stereocenters. The summed E-state index contributed by atoms with van der Waals surface area (Å²) in [6.45, 7) is 8.16. The van der Waals surface area contributed by atoms with Gasteiger partial charge in [0.25, 0.3) is 0 Å². The number of guanidine groups is 1. The van der Waals surface area contributed by atoms with Crippen LogP contribution < -0.4 is 15.4 Å². The lowest BCUT2D eigenvalue weighted by Crippen LogP contribution is -2.43. The van der Waals surface area contributed by atoms with Crippen molar-refractivity contribution in [1.82, 2.24) is 20.4 Å². The summed E-state index contributed by atoms with van der Waals surface area (Å²) in [5.74, 6) is 1.78. The van der Waals surface area contributed by atoms with E-state index in [1.807, 2.05) is 12.1 Å². The van der Waals surface area contributed by atoms with Crippen molar-refractivity contribution in [2.75, 3.05) is 60.5 Å². The van der Waals surface area contributed by atoms with Crippen LogP contribution in [0.5, 0.6) is 5.75 Å². The Morgan fingerprint density at radius 3 is 2.39 bits per heavy atom. The van der Waals surface area contributed by atoms with E-state index < -0.39 is 0 Å². The molecular weight excluding hydrogens is 465 g/mol. The third-order valence-electron chi connectivity index (χ3n) is 5.06. The van der Waals surface area contributed by atoms with Gasteiger partial charge >= 0.3 is 0 Å². The summed E-state index contributed by atoms with van der Waals surface area (Å²) in [4.78, 5) is 9.59. The van der Waals surface area contributed by atoms with Crippen molar-refractivity contribution in [2.45, 2.75) is 32.2 Å². The number of piperidine rings is 1. The maximum Gasteiger partial charge on any atom is 0.191 e. The number of rotatable bonds is 9. The van der Waals surface area contributed by atoms with Gasteiger partial charge in [0.2, 0.25) is 0 Å². The minimum atomic E-state index is 0. The molecule has 1 heterocycles. The van der Waals surface area contributed by atoms with Gasteiger partial charge in [0, 0.05) is 19.6 Å². The number of ether oxygens (including phenoxy) is 1. The number of likely N-dealkylation sites (N-methyl/N-ethyl adjacent to an activating group) is 1. The summed E-state index contributed by atoms with van der Waals surface area (Å²) in [6, 6.07) is 8.49. The fraction of sp³-hybridized carbons (Fsp3) is 0.667. The van der Waals surface area contributed by atoms with E-state index in [1.54, 1.807) is 7.11 Å². The molecule has 2 N–H and O–H groups in total. The van der Waals surface area contributed by atoms with Crippen molar-refractivity contribution < 1.29 is 4.74 Å². The number of benzene rings is 1.